The molecule has 1 atom stereocenters. The van der Waals surface area contributed by atoms with E-state index in [-0.39, 0.29) is 29.2 Å². The third-order valence-electron chi connectivity index (χ3n) is 5.98. The first-order valence-corrected chi connectivity index (χ1v) is 13.8. The van der Waals surface area contributed by atoms with Crippen LogP contribution in [0.5, 0.6) is 0 Å². The van der Waals surface area contributed by atoms with Gasteiger partial charge >= 0.3 is 0 Å². The molecule has 1 aliphatic rings. The van der Waals surface area contributed by atoms with Crippen molar-refractivity contribution in [2.75, 3.05) is 17.1 Å². The van der Waals surface area contributed by atoms with Crippen LogP contribution < -0.4 is 9.62 Å². The number of rotatable bonds is 9. The molecule has 0 aromatic heterocycles. The molecule has 7 nitrogen and oxygen atoms in total. The lowest BCUT2D eigenvalue weighted by Crippen LogP contribution is -2.52. The molecule has 0 radical (unpaired) electrons. The van der Waals surface area contributed by atoms with Gasteiger partial charge in [-0.05, 0) is 55.7 Å². The van der Waals surface area contributed by atoms with Crippen molar-refractivity contribution in [3.8, 4) is 0 Å². The van der Waals surface area contributed by atoms with E-state index in [1.807, 2.05) is 0 Å². The molecule has 2 aromatic carbocycles. The summed E-state index contributed by atoms with van der Waals surface area (Å²) in [6, 6.07) is 9.45. The van der Waals surface area contributed by atoms with E-state index in [1.54, 1.807) is 31.2 Å². The standard InChI is InChI=1S/C24H28Cl2FN3O4S/c1-16(24(32)28-19-8-3-4-9-19)29(14-17-6-5-7-18(25)12-17)23(31)15-30(35(2,33)34)20-10-11-22(27)21(26)13-20/h5-7,10-13,16,19H,3-4,8-9,14-15H2,1-2H3,(H,28,32). The highest BCUT2D eigenvalue weighted by atomic mass is 35.5. The summed E-state index contributed by atoms with van der Waals surface area (Å²) in [5.74, 6) is -1.64. The first-order valence-electron chi connectivity index (χ1n) is 11.2. The Morgan fingerprint density at radius 2 is 1.83 bits per heavy atom. The molecule has 1 N–H and O–H groups in total. The SMILES string of the molecule is CC(C(=O)NC1CCCC1)N(Cc1cccc(Cl)c1)C(=O)CN(c1ccc(F)c(Cl)c1)S(C)(=O)=O. The van der Waals surface area contributed by atoms with Crippen LogP contribution in [0.1, 0.15) is 38.2 Å². The normalized spacial score (nSPS) is 15.0. The summed E-state index contributed by atoms with van der Waals surface area (Å²) in [5.41, 5.74) is 0.722. The van der Waals surface area contributed by atoms with Crippen molar-refractivity contribution in [3.63, 3.8) is 0 Å². The van der Waals surface area contributed by atoms with Crippen LogP contribution in [-0.4, -0.2) is 50.0 Å². The van der Waals surface area contributed by atoms with Gasteiger partial charge in [-0.1, -0.05) is 48.2 Å². The van der Waals surface area contributed by atoms with Gasteiger partial charge in [-0.2, -0.15) is 0 Å². The van der Waals surface area contributed by atoms with Crippen LogP contribution in [0.25, 0.3) is 0 Å². The molecule has 1 unspecified atom stereocenters. The summed E-state index contributed by atoms with van der Waals surface area (Å²) in [6.07, 6.45) is 4.78. The Bertz CT molecular complexity index is 1190. The van der Waals surface area contributed by atoms with Gasteiger partial charge in [0, 0.05) is 17.6 Å². The summed E-state index contributed by atoms with van der Waals surface area (Å²) < 4.78 is 39.6. The second kappa shape index (κ2) is 11.6. The molecule has 0 saturated heterocycles. The number of sulfonamides is 1. The number of nitrogens with zero attached hydrogens (tertiary/aromatic N) is 2. The highest BCUT2D eigenvalue weighted by Crippen LogP contribution is 2.25. The number of hydrogen-bond acceptors (Lipinski definition) is 4. The fourth-order valence-electron chi connectivity index (χ4n) is 4.06. The summed E-state index contributed by atoms with van der Waals surface area (Å²) in [6.45, 7) is 1.05. The molecule has 1 aliphatic carbocycles. The lowest BCUT2D eigenvalue weighted by atomic mass is 10.1. The molecule has 11 heteroatoms. The smallest absolute Gasteiger partial charge is 0.244 e. The molecular formula is C24H28Cl2FN3O4S. The zero-order valence-electron chi connectivity index (χ0n) is 19.5. The third kappa shape index (κ3) is 7.32. The molecule has 35 heavy (non-hydrogen) atoms. The highest BCUT2D eigenvalue weighted by Gasteiger charge is 2.31. The van der Waals surface area contributed by atoms with Gasteiger partial charge in [0.05, 0.1) is 17.0 Å². The fourth-order valence-corrected chi connectivity index (χ4v) is 5.29. The van der Waals surface area contributed by atoms with Crippen molar-refractivity contribution >= 4 is 50.7 Å². The molecule has 2 aromatic rings. The first-order chi connectivity index (χ1) is 16.5. The summed E-state index contributed by atoms with van der Waals surface area (Å²) in [7, 11) is -3.94. The van der Waals surface area contributed by atoms with E-state index in [4.69, 9.17) is 23.2 Å². The molecule has 2 amide bonds. The zero-order valence-corrected chi connectivity index (χ0v) is 21.8. The van der Waals surface area contributed by atoms with Gasteiger partial charge in [0.15, 0.2) is 0 Å². The number of benzene rings is 2. The lowest BCUT2D eigenvalue weighted by molar-refractivity contribution is -0.139. The summed E-state index contributed by atoms with van der Waals surface area (Å²) >= 11 is 11.9. The van der Waals surface area contributed by atoms with Crippen LogP contribution in [-0.2, 0) is 26.2 Å². The Morgan fingerprint density at radius 3 is 2.43 bits per heavy atom. The van der Waals surface area contributed by atoms with Crippen LogP contribution >= 0.6 is 23.2 Å². The van der Waals surface area contributed by atoms with E-state index >= 15 is 0 Å². The zero-order chi connectivity index (χ0) is 25.8. The number of amides is 2. The van der Waals surface area contributed by atoms with Gasteiger partial charge in [-0.25, -0.2) is 12.8 Å². The van der Waals surface area contributed by atoms with Gasteiger partial charge in [0.25, 0.3) is 0 Å². The van der Waals surface area contributed by atoms with Crippen LogP contribution in [0.15, 0.2) is 42.5 Å². The molecule has 0 heterocycles. The van der Waals surface area contributed by atoms with Crippen molar-refractivity contribution in [2.45, 2.75) is 51.2 Å². The maximum absolute atomic E-state index is 13.7. The van der Waals surface area contributed by atoms with E-state index < -0.39 is 34.3 Å². The topological polar surface area (TPSA) is 86.8 Å². The predicted molar refractivity (Wildman–Crippen MR) is 135 cm³/mol. The van der Waals surface area contributed by atoms with Gasteiger partial charge in [0.1, 0.15) is 18.4 Å². The maximum Gasteiger partial charge on any atom is 0.244 e. The lowest BCUT2D eigenvalue weighted by Gasteiger charge is -2.32. The number of anilines is 1. The average molecular weight is 544 g/mol. The molecule has 1 saturated carbocycles. The quantitative estimate of drug-likeness (QED) is 0.508. The Balaban J connectivity index is 1.89. The Labute approximate surface area is 215 Å². The number of halogens is 3. The molecule has 3 rings (SSSR count). The van der Waals surface area contributed by atoms with Crippen molar-refractivity contribution in [1.29, 1.82) is 0 Å². The van der Waals surface area contributed by atoms with E-state index in [9.17, 15) is 22.4 Å². The van der Waals surface area contributed by atoms with E-state index in [0.717, 1.165) is 48.4 Å². The predicted octanol–water partition coefficient (Wildman–Crippen LogP) is 4.37. The Kier molecular flexibility index (Phi) is 9.01. The van der Waals surface area contributed by atoms with Crippen LogP contribution in [0, 0.1) is 5.82 Å². The van der Waals surface area contributed by atoms with Gasteiger partial charge in [-0.3, -0.25) is 13.9 Å². The second-order valence-electron chi connectivity index (χ2n) is 8.69. The minimum absolute atomic E-state index is 0.0398. The first kappa shape index (κ1) is 27.2. The largest absolute Gasteiger partial charge is 0.352 e. The number of nitrogens with one attached hydrogen (secondary N) is 1. The molecule has 190 valence electrons. The van der Waals surface area contributed by atoms with Crippen LogP contribution in [0.2, 0.25) is 10.0 Å². The van der Waals surface area contributed by atoms with Crippen LogP contribution in [0.3, 0.4) is 0 Å². The van der Waals surface area contributed by atoms with Crippen molar-refractivity contribution in [1.82, 2.24) is 10.2 Å². The highest BCUT2D eigenvalue weighted by molar-refractivity contribution is 7.92. The van der Waals surface area contributed by atoms with Gasteiger partial charge < -0.3 is 10.2 Å². The van der Waals surface area contributed by atoms with Crippen LogP contribution in [0.4, 0.5) is 10.1 Å². The Hall–Kier alpha value is -2.36. The molecule has 0 aliphatic heterocycles. The second-order valence-corrected chi connectivity index (χ2v) is 11.4. The minimum atomic E-state index is -3.94. The van der Waals surface area contributed by atoms with Gasteiger partial charge in [-0.15, -0.1) is 0 Å². The van der Waals surface area contributed by atoms with E-state index in [0.29, 0.717) is 10.6 Å². The van der Waals surface area contributed by atoms with Crippen molar-refractivity contribution in [2.24, 2.45) is 0 Å². The molecule has 1 fully saturated rings. The monoisotopic (exact) mass is 543 g/mol. The molecular weight excluding hydrogens is 516 g/mol. The third-order valence-corrected chi connectivity index (χ3v) is 7.65. The Morgan fingerprint density at radius 1 is 1.14 bits per heavy atom. The van der Waals surface area contributed by atoms with Crippen molar-refractivity contribution < 1.29 is 22.4 Å². The van der Waals surface area contributed by atoms with E-state index in [1.165, 1.54) is 11.0 Å². The summed E-state index contributed by atoms with van der Waals surface area (Å²) in [5, 5.41) is 3.19. The fraction of sp³-hybridized carbons (Fsp3) is 0.417. The van der Waals surface area contributed by atoms with Crippen molar-refractivity contribution in [3.05, 3.63) is 63.9 Å². The number of hydrogen-bond donors (Lipinski definition) is 1. The molecule has 0 spiro atoms. The number of carbonyl (C=O) groups excluding carboxylic acids is 2. The van der Waals surface area contributed by atoms with E-state index in [2.05, 4.69) is 5.32 Å². The minimum Gasteiger partial charge on any atom is -0.352 e. The average Bonchev–Trinajstić information content (AvgIpc) is 3.29. The summed E-state index contributed by atoms with van der Waals surface area (Å²) in [4.78, 5) is 27.8. The molecule has 0 bridgehead atoms. The van der Waals surface area contributed by atoms with Gasteiger partial charge in [0.2, 0.25) is 21.8 Å². The number of carbonyl (C=O) groups is 2. The maximum atomic E-state index is 13.7.